The van der Waals surface area contributed by atoms with Gasteiger partial charge >= 0.3 is 5.97 Å². The normalized spacial score (nSPS) is 12.1. The van der Waals surface area contributed by atoms with Crippen LogP contribution >= 0.6 is 0 Å². The second kappa shape index (κ2) is 4.65. The van der Waals surface area contributed by atoms with E-state index in [0.29, 0.717) is 6.42 Å². The Balaban J connectivity index is 2.80. The first-order valence-corrected chi connectivity index (χ1v) is 4.50. The number of methoxy groups -OCH3 is 1. The van der Waals surface area contributed by atoms with Crippen molar-refractivity contribution in [3.8, 4) is 5.75 Å². The Hall–Kier alpha value is -1.51. The molecular formula is C11H14O3. The number of ether oxygens (including phenoxy) is 1. The fourth-order valence-electron chi connectivity index (χ4n) is 1.29. The number of hydrogen-bond donors (Lipinski definition) is 1. The van der Waals surface area contributed by atoms with Crippen LogP contribution in [0.3, 0.4) is 0 Å². The number of carbonyl (C=O) groups is 1. The SMILES string of the molecule is COc1ccccc1C[C@H](C)C(=O)O. The Kier molecular flexibility index (Phi) is 3.51. The van der Waals surface area contributed by atoms with E-state index in [1.807, 2.05) is 24.3 Å². The first-order valence-electron chi connectivity index (χ1n) is 4.50. The molecule has 1 aromatic carbocycles. The molecule has 0 aliphatic heterocycles. The van der Waals surface area contributed by atoms with Crippen molar-refractivity contribution in [2.45, 2.75) is 13.3 Å². The van der Waals surface area contributed by atoms with Crippen molar-refractivity contribution in [3.63, 3.8) is 0 Å². The molecule has 1 N–H and O–H groups in total. The summed E-state index contributed by atoms with van der Waals surface area (Å²) in [6.07, 6.45) is 0.499. The van der Waals surface area contributed by atoms with E-state index in [2.05, 4.69) is 0 Å². The maximum Gasteiger partial charge on any atom is 0.306 e. The third-order valence-corrected chi connectivity index (χ3v) is 2.14. The van der Waals surface area contributed by atoms with Crippen LogP contribution in [0, 0.1) is 5.92 Å². The quantitative estimate of drug-likeness (QED) is 0.797. The third kappa shape index (κ3) is 2.49. The van der Waals surface area contributed by atoms with E-state index in [9.17, 15) is 4.79 Å². The maximum absolute atomic E-state index is 10.7. The van der Waals surface area contributed by atoms with E-state index >= 15 is 0 Å². The van der Waals surface area contributed by atoms with Gasteiger partial charge in [0.1, 0.15) is 5.75 Å². The monoisotopic (exact) mass is 194 g/mol. The van der Waals surface area contributed by atoms with Gasteiger partial charge in [-0.25, -0.2) is 0 Å². The molecule has 1 rings (SSSR count). The lowest BCUT2D eigenvalue weighted by Gasteiger charge is -2.10. The van der Waals surface area contributed by atoms with Gasteiger partial charge in [0.2, 0.25) is 0 Å². The average Bonchev–Trinajstić information content (AvgIpc) is 2.18. The van der Waals surface area contributed by atoms with Crippen molar-refractivity contribution in [3.05, 3.63) is 29.8 Å². The lowest BCUT2D eigenvalue weighted by Crippen LogP contribution is -2.12. The number of aliphatic carboxylic acids is 1. The molecule has 0 amide bonds. The molecule has 3 nitrogen and oxygen atoms in total. The fourth-order valence-corrected chi connectivity index (χ4v) is 1.29. The Morgan fingerprint density at radius 1 is 1.50 bits per heavy atom. The predicted octanol–water partition coefficient (Wildman–Crippen LogP) is 1.96. The summed E-state index contributed by atoms with van der Waals surface area (Å²) in [5.74, 6) is -0.414. The highest BCUT2D eigenvalue weighted by atomic mass is 16.5. The number of hydrogen-bond acceptors (Lipinski definition) is 2. The Morgan fingerprint density at radius 3 is 2.71 bits per heavy atom. The minimum atomic E-state index is -0.782. The van der Waals surface area contributed by atoms with Crippen molar-refractivity contribution in [2.24, 2.45) is 5.92 Å². The molecule has 0 aliphatic carbocycles. The molecular weight excluding hydrogens is 180 g/mol. The molecule has 0 radical (unpaired) electrons. The van der Waals surface area contributed by atoms with Gasteiger partial charge in [0, 0.05) is 0 Å². The molecule has 1 aromatic rings. The minimum absolute atomic E-state index is 0.383. The summed E-state index contributed by atoms with van der Waals surface area (Å²) >= 11 is 0. The van der Waals surface area contributed by atoms with Gasteiger partial charge in [-0.05, 0) is 18.1 Å². The zero-order valence-corrected chi connectivity index (χ0v) is 8.36. The van der Waals surface area contributed by atoms with Crippen LogP contribution in [0.15, 0.2) is 24.3 Å². The van der Waals surface area contributed by atoms with Crippen molar-refractivity contribution in [1.29, 1.82) is 0 Å². The molecule has 1 atom stereocenters. The molecule has 0 spiro atoms. The van der Waals surface area contributed by atoms with Crippen LogP contribution in [-0.2, 0) is 11.2 Å². The molecule has 0 saturated carbocycles. The van der Waals surface area contributed by atoms with E-state index < -0.39 is 5.97 Å². The molecule has 0 saturated heterocycles. The molecule has 3 heteroatoms. The average molecular weight is 194 g/mol. The maximum atomic E-state index is 10.7. The Labute approximate surface area is 83.3 Å². The van der Waals surface area contributed by atoms with E-state index in [1.54, 1.807) is 14.0 Å². The van der Waals surface area contributed by atoms with Crippen LogP contribution < -0.4 is 4.74 Å². The van der Waals surface area contributed by atoms with E-state index in [4.69, 9.17) is 9.84 Å². The summed E-state index contributed by atoms with van der Waals surface area (Å²) in [4.78, 5) is 10.7. The van der Waals surface area contributed by atoms with Gasteiger partial charge in [-0.2, -0.15) is 0 Å². The standard InChI is InChI=1S/C11H14O3/c1-8(11(12)13)7-9-5-3-4-6-10(9)14-2/h3-6,8H,7H2,1-2H3,(H,12,13)/t8-/m0/s1. The number of rotatable bonds is 4. The van der Waals surface area contributed by atoms with Gasteiger partial charge in [-0.15, -0.1) is 0 Å². The smallest absolute Gasteiger partial charge is 0.306 e. The van der Waals surface area contributed by atoms with Gasteiger partial charge in [-0.1, -0.05) is 25.1 Å². The second-order valence-electron chi connectivity index (χ2n) is 3.26. The van der Waals surface area contributed by atoms with Crippen LogP contribution in [0.2, 0.25) is 0 Å². The topological polar surface area (TPSA) is 46.5 Å². The highest BCUT2D eigenvalue weighted by Crippen LogP contribution is 2.20. The summed E-state index contributed by atoms with van der Waals surface area (Å²) in [7, 11) is 1.59. The molecule has 76 valence electrons. The second-order valence-corrected chi connectivity index (χ2v) is 3.26. The van der Waals surface area contributed by atoms with E-state index in [1.165, 1.54) is 0 Å². The summed E-state index contributed by atoms with van der Waals surface area (Å²) in [6, 6.07) is 7.47. The van der Waals surface area contributed by atoms with Crippen molar-refractivity contribution < 1.29 is 14.6 Å². The fraction of sp³-hybridized carbons (Fsp3) is 0.364. The predicted molar refractivity (Wildman–Crippen MR) is 53.5 cm³/mol. The summed E-state index contributed by atoms with van der Waals surface area (Å²) in [5, 5.41) is 8.77. The highest BCUT2D eigenvalue weighted by molar-refractivity contribution is 5.70. The van der Waals surface area contributed by atoms with Gasteiger partial charge in [0.05, 0.1) is 13.0 Å². The van der Waals surface area contributed by atoms with Gasteiger partial charge in [0.15, 0.2) is 0 Å². The molecule has 0 aliphatic rings. The van der Waals surface area contributed by atoms with Crippen molar-refractivity contribution in [1.82, 2.24) is 0 Å². The minimum Gasteiger partial charge on any atom is -0.496 e. The number of benzene rings is 1. The largest absolute Gasteiger partial charge is 0.496 e. The number of carboxylic acid groups (broad SMARTS) is 1. The van der Waals surface area contributed by atoms with Crippen molar-refractivity contribution in [2.75, 3.05) is 7.11 Å². The van der Waals surface area contributed by atoms with Crippen LogP contribution in [0.25, 0.3) is 0 Å². The first-order chi connectivity index (χ1) is 6.65. The van der Waals surface area contributed by atoms with Crippen LogP contribution in [0.1, 0.15) is 12.5 Å². The summed E-state index contributed by atoms with van der Waals surface area (Å²) in [6.45, 7) is 1.69. The zero-order valence-electron chi connectivity index (χ0n) is 8.36. The van der Waals surface area contributed by atoms with Gasteiger partial charge in [0.25, 0.3) is 0 Å². The molecule has 0 heterocycles. The lowest BCUT2D eigenvalue weighted by molar-refractivity contribution is -0.141. The molecule has 0 unspecified atom stereocenters. The third-order valence-electron chi connectivity index (χ3n) is 2.14. The van der Waals surface area contributed by atoms with Gasteiger partial charge < -0.3 is 9.84 Å². The van der Waals surface area contributed by atoms with Crippen molar-refractivity contribution >= 4 is 5.97 Å². The summed E-state index contributed by atoms with van der Waals surface area (Å²) < 4.78 is 5.13. The van der Waals surface area contributed by atoms with Crippen LogP contribution in [0.4, 0.5) is 0 Å². The lowest BCUT2D eigenvalue weighted by atomic mass is 10.0. The zero-order chi connectivity index (χ0) is 10.6. The van der Waals surface area contributed by atoms with E-state index in [0.717, 1.165) is 11.3 Å². The van der Waals surface area contributed by atoms with Crippen LogP contribution in [-0.4, -0.2) is 18.2 Å². The van der Waals surface area contributed by atoms with Crippen LogP contribution in [0.5, 0.6) is 5.75 Å². The molecule has 0 aromatic heterocycles. The number of carboxylic acids is 1. The molecule has 0 bridgehead atoms. The Bertz CT molecular complexity index is 320. The Morgan fingerprint density at radius 2 is 2.14 bits per heavy atom. The highest BCUT2D eigenvalue weighted by Gasteiger charge is 2.13. The van der Waals surface area contributed by atoms with E-state index in [-0.39, 0.29) is 5.92 Å². The molecule has 14 heavy (non-hydrogen) atoms. The first kappa shape index (κ1) is 10.6. The molecule has 0 fully saturated rings. The van der Waals surface area contributed by atoms with Gasteiger partial charge in [-0.3, -0.25) is 4.79 Å². The summed E-state index contributed by atoms with van der Waals surface area (Å²) in [5.41, 5.74) is 0.935. The number of para-hydroxylation sites is 1.